The minimum absolute atomic E-state index is 0.202. The number of rotatable bonds is 3. The normalized spacial score (nSPS) is 12.7. The van der Waals surface area contributed by atoms with Crippen LogP contribution >= 0.6 is 0 Å². The smallest absolute Gasteiger partial charge is 0.524 e. The molecule has 5 aromatic carbocycles. The van der Waals surface area contributed by atoms with Crippen molar-refractivity contribution >= 4 is 23.9 Å². The first kappa shape index (κ1) is 21.9. The molecule has 5 heteroatoms. The molecular formula is C34H22BN3O. The zero-order chi connectivity index (χ0) is 25.8. The summed E-state index contributed by atoms with van der Waals surface area (Å²) in [6.45, 7) is 0. The van der Waals surface area contributed by atoms with Crippen molar-refractivity contribution in [1.29, 1.82) is 0 Å². The zero-order valence-electron chi connectivity index (χ0n) is 21.0. The molecule has 8 rings (SSSR count). The van der Waals surface area contributed by atoms with Gasteiger partial charge in [-0.05, 0) is 35.3 Å². The van der Waals surface area contributed by atoms with Crippen LogP contribution in [0, 0.1) is 0 Å². The Bertz CT molecular complexity index is 1800. The van der Waals surface area contributed by atoms with E-state index in [1.54, 1.807) is 0 Å². The van der Waals surface area contributed by atoms with E-state index in [1.165, 1.54) is 16.6 Å². The first-order chi connectivity index (χ1) is 19.3. The summed E-state index contributed by atoms with van der Waals surface area (Å²) in [7, 11) is -0.202. The van der Waals surface area contributed by atoms with Crippen molar-refractivity contribution in [1.82, 2.24) is 9.97 Å². The Labute approximate surface area is 227 Å². The molecule has 6 aromatic rings. The van der Waals surface area contributed by atoms with Gasteiger partial charge in [0, 0.05) is 27.9 Å². The number of fused-ring (bicyclic) bond motifs is 8. The predicted octanol–water partition coefficient (Wildman–Crippen LogP) is 7.38. The zero-order valence-corrected chi connectivity index (χ0v) is 21.0. The third-order valence-corrected chi connectivity index (χ3v) is 7.50. The van der Waals surface area contributed by atoms with Gasteiger partial charge in [0.1, 0.15) is 5.75 Å². The highest BCUT2D eigenvalue weighted by Gasteiger charge is 2.44. The van der Waals surface area contributed by atoms with Crippen LogP contribution in [-0.4, -0.2) is 17.0 Å². The van der Waals surface area contributed by atoms with Crippen LogP contribution in [0.3, 0.4) is 0 Å². The van der Waals surface area contributed by atoms with Crippen LogP contribution in [0.4, 0.5) is 11.4 Å². The number of para-hydroxylation sites is 1. The number of hydrogen-bond donors (Lipinski definition) is 0. The van der Waals surface area contributed by atoms with Crippen molar-refractivity contribution < 1.29 is 4.65 Å². The minimum Gasteiger partial charge on any atom is -0.536 e. The van der Waals surface area contributed by atoms with Crippen molar-refractivity contribution in [3.63, 3.8) is 0 Å². The van der Waals surface area contributed by atoms with Crippen LogP contribution in [0.25, 0.3) is 45.0 Å². The van der Waals surface area contributed by atoms with E-state index in [4.69, 9.17) is 14.6 Å². The lowest BCUT2D eigenvalue weighted by Gasteiger charge is -2.31. The highest BCUT2D eigenvalue weighted by atomic mass is 16.5. The van der Waals surface area contributed by atoms with Gasteiger partial charge in [-0.25, -0.2) is 9.97 Å². The van der Waals surface area contributed by atoms with E-state index in [1.807, 2.05) is 48.5 Å². The maximum Gasteiger partial charge on any atom is 0.524 e. The summed E-state index contributed by atoms with van der Waals surface area (Å²) >= 11 is 0. The summed E-state index contributed by atoms with van der Waals surface area (Å²) in [5.74, 6) is 1.55. The SMILES string of the molecule is c1ccc(-c2cc(-c3ccc4c(c3)OB3c5ccccc5-c5ccccc5N34)nc(-c3ccccc3)n2)cc1. The molecular weight excluding hydrogens is 477 g/mol. The number of anilines is 2. The molecule has 0 amide bonds. The van der Waals surface area contributed by atoms with E-state index < -0.39 is 0 Å². The molecule has 0 bridgehead atoms. The number of benzene rings is 5. The average molecular weight is 499 g/mol. The first-order valence-corrected chi connectivity index (χ1v) is 13.1. The monoisotopic (exact) mass is 499 g/mol. The van der Waals surface area contributed by atoms with E-state index in [-0.39, 0.29) is 7.05 Å². The first-order valence-electron chi connectivity index (χ1n) is 13.1. The maximum absolute atomic E-state index is 6.67. The molecule has 182 valence electrons. The van der Waals surface area contributed by atoms with Crippen molar-refractivity contribution in [3.8, 4) is 50.8 Å². The van der Waals surface area contributed by atoms with Crippen LogP contribution in [0.15, 0.2) is 133 Å². The molecule has 4 nitrogen and oxygen atoms in total. The molecule has 2 aliphatic rings. The Morgan fingerprint density at radius 1 is 0.513 bits per heavy atom. The number of nitrogens with zero attached hydrogens (tertiary/aromatic N) is 3. The molecule has 2 aliphatic heterocycles. The van der Waals surface area contributed by atoms with Gasteiger partial charge in [0.15, 0.2) is 5.82 Å². The van der Waals surface area contributed by atoms with Gasteiger partial charge in [-0.15, -0.1) is 0 Å². The van der Waals surface area contributed by atoms with Gasteiger partial charge in [-0.1, -0.05) is 109 Å². The fourth-order valence-electron chi connectivity index (χ4n) is 5.66. The second kappa shape index (κ2) is 8.71. The van der Waals surface area contributed by atoms with Crippen molar-refractivity contribution in [2.24, 2.45) is 0 Å². The second-order valence-corrected chi connectivity index (χ2v) is 9.82. The second-order valence-electron chi connectivity index (χ2n) is 9.82. The fourth-order valence-corrected chi connectivity index (χ4v) is 5.66. The fraction of sp³-hybridized carbons (Fsp3) is 0. The van der Waals surface area contributed by atoms with E-state index >= 15 is 0 Å². The Hall–Kier alpha value is -5.16. The third kappa shape index (κ3) is 3.55. The molecule has 1 aromatic heterocycles. The van der Waals surface area contributed by atoms with E-state index in [9.17, 15) is 0 Å². The summed E-state index contributed by atoms with van der Waals surface area (Å²) in [6, 6.07) is 45.9. The Kier molecular flexibility index (Phi) is 4.89. The lowest BCUT2D eigenvalue weighted by Crippen LogP contribution is -2.50. The quantitative estimate of drug-likeness (QED) is 0.238. The summed E-state index contributed by atoms with van der Waals surface area (Å²) in [5, 5.41) is 0. The van der Waals surface area contributed by atoms with Gasteiger partial charge in [0.05, 0.1) is 17.1 Å². The van der Waals surface area contributed by atoms with Gasteiger partial charge < -0.3 is 9.47 Å². The molecule has 0 unspecified atom stereocenters. The number of hydrogen-bond acceptors (Lipinski definition) is 4. The molecule has 0 atom stereocenters. The highest BCUT2D eigenvalue weighted by molar-refractivity contribution is 6.77. The van der Waals surface area contributed by atoms with Crippen molar-refractivity contribution in [2.45, 2.75) is 0 Å². The van der Waals surface area contributed by atoms with Crippen LogP contribution in [0.2, 0.25) is 0 Å². The molecule has 39 heavy (non-hydrogen) atoms. The van der Waals surface area contributed by atoms with Crippen LogP contribution in [0.5, 0.6) is 5.75 Å². The van der Waals surface area contributed by atoms with Gasteiger partial charge in [0.25, 0.3) is 0 Å². The van der Waals surface area contributed by atoms with E-state index in [2.05, 4.69) is 89.7 Å². The van der Waals surface area contributed by atoms with E-state index in [0.717, 1.165) is 45.2 Å². The standard InChI is InChI=1S/C34H22BN3O/c1-3-11-23(12-4-1)29-22-30(37-34(36-29)24-13-5-2-6-14-24)25-19-20-32-33(21-25)39-35-28-17-9-7-15-26(28)27-16-8-10-18-31(27)38(32)35/h1-22H. The largest absolute Gasteiger partial charge is 0.536 e. The highest BCUT2D eigenvalue weighted by Crippen LogP contribution is 2.48. The van der Waals surface area contributed by atoms with Gasteiger partial charge in [0.2, 0.25) is 0 Å². The molecule has 0 aliphatic carbocycles. The van der Waals surface area contributed by atoms with Crippen LogP contribution < -0.4 is 14.9 Å². The molecule has 0 radical (unpaired) electrons. The topological polar surface area (TPSA) is 38.2 Å². The Morgan fingerprint density at radius 2 is 1.15 bits per heavy atom. The van der Waals surface area contributed by atoms with Gasteiger partial charge >= 0.3 is 7.05 Å². The molecule has 0 spiro atoms. The third-order valence-electron chi connectivity index (χ3n) is 7.50. The molecule has 0 fully saturated rings. The maximum atomic E-state index is 6.67. The number of aromatic nitrogens is 2. The summed E-state index contributed by atoms with van der Waals surface area (Å²) in [5.41, 5.74) is 10.6. The Morgan fingerprint density at radius 3 is 1.95 bits per heavy atom. The predicted molar refractivity (Wildman–Crippen MR) is 158 cm³/mol. The molecule has 0 saturated heterocycles. The lowest BCUT2D eigenvalue weighted by atomic mass is 9.65. The molecule has 3 heterocycles. The van der Waals surface area contributed by atoms with E-state index in [0.29, 0.717) is 5.82 Å². The van der Waals surface area contributed by atoms with Crippen LogP contribution in [-0.2, 0) is 0 Å². The summed E-state index contributed by atoms with van der Waals surface area (Å²) in [6.07, 6.45) is 0. The average Bonchev–Trinajstić information content (AvgIpc) is 3.41. The molecule has 0 N–H and O–H groups in total. The summed E-state index contributed by atoms with van der Waals surface area (Å²) in [4.78, 5) is 12.2. The summed E-state index contributed by atoms with van der Waals surface area (Å²) < 4.78 is 6.67. The van der Waals surface area contributed by atoms with Crippen LogP contribution in [0.1, 0.15) is 0 Å². The minimum atomic E-state index is -0.202. The lowest BCUT2D eigenvalue weighted by molar-refractivity contribution is 0.603. The Balaban J connectivity index is 1.27. The van der Waals surface area contributed by atoms with Gasteiger partial charge in [-0.3, -0.25) is 0 Å². The molecule has 0 saturated carbocycles. The van der Waals surface area contributed by atoms with Gasteiger partial charge in [-0.2, -0.15) is 0 Å². The van der Waals surface area contributed by atoms with Crippen molar-refractivity contribution in [2.75, 3.05) is 4.81 Å². The van der Waals surface area contributed by atoms with Crippen molar-refractivity contribution in [3.05, 3.63) is 133 Å².